The van der Waals surface area contributed by atoms with E-state index in [1.807, 2.05) is 0 Å². The zero-order valence-corrected chi connectivity index (χ0v) is 11.5. The average molecular weight is 270 g/mol. The number of halogens is 1. The van der Waals surface area contributed by atoms with E-state index < -0.39 is 0 Å². The Balaban J connectivity index is 2.00. The van der Waals surface area contributed by atoms with Crippen LogP contribution in [0.1, 0.15) is 44.7 Å². The summed E-state index contributed by atoms with van der Waals surface area (Å²) in [5.41, 5.74) is 0.483. The van der Waals surface area contributed by atoms with Crippen LogP contribution in [0.15, 0.2) is 12.1 Å². The summed E-state index contributed by atoms with van der Waals surface area (Å²) >= 11 is 5.91. The highest BCUT2D eigenvalue weighted by Crippen LogP contribution is 2.29. The highest BCUT2D eigenvalue weighted by Gasteiger charge is 2.22. The first-order valence-electron chi connectivity index (χ1n) is 6.65. The van der Waals surface area contributed by atoms with Gasteiger partial charge in [-0.1, -0.05) is 31.4 Å². The van der Waals surface area contributed by atoms with Crippen molar-refractivity contribution in [2.45, 2.75) is 51.7 Å². The SMILES string of the molecule is CCC1CCCC(Oc2ccc(Cl)c(CO)n2)C1. The molecule has 1 heterocycles. The number of rotatable bonds is 4. The van der Waals surface area contributed by atoms with Gasteiger partial charge in [0.2, 0.25) is 5.88 Å². The minimum absolute atomic E-state index is 0.154. The summed E-state index contributed by atoms with van der Waals surface area (Å²) in [6.45, 7) is 2.08. The monoisotopic (exact) mass is 269 g/mol. The molecule has 1 aliphatic carbocycles. The molecule has 0 amide bonds. The predicted molar refractivity (Wildman–Crippen MR) is 71.8 cm³/mol. The van der Waals surface area contributed by atoms with E-state index in [1.165, 1.54) is 19.3 Å². The van der Waals surface area contributed by atoms with E-state index in [2.05, 4.69) is 11.9 Å². The van der Waals surface area contributed by atoms with E-state index in [4.69, 9.17) is 21.4 Å². The Kier molecular flexibility index (Phi) is 4.84. The van der Waals surface area contributed by atoms with Gasteiger partial charge in [0.1, 0.15) is 6.10 Å². The van der Waals surface area contributed by atoms with Crippen molar-refractivity contribution in [3.05, 3.63) is 22.8 Å². The van der Waals surface area contributed by atoms with Gasteiger partial charge in [-0.25, -0.2) is 4.98 Å². The summed E-state index contributed by atoms with van der Waals surface area (Å²) in [4.78, 5) is 4.23. The number of aromatic nitrogens is 1. The van der Waals surface area contributed by atoms with E-state index in [0.29, 0.717) is 16.6 Å². The molecule has 1 aliphatic rings. The summed E-state index contributed by atoms with van der Waals surface area (Å²) in [7, 11) is 0. The highest BCUT2D eigenvalue weighted by molar-refractivity contribution is 6.31. The highest BCUT2D eigenvalue weighted by atomic mass is 35.5. The van der Waals surface area contributed by atoms with Crippen LogP contribution in [-0.2, 0) is 6.61 Å². The molecule has 2 rings (SSSR count). The van der Waals surface area contributed by atoms with Gasteiger partial charge in [-0.3, -0.25) is 0 Å². The van der Waals surface area contributed by atoms with E-state index in [-0.39, 0.29) is 12.7 Å². The number of aliphatic hydroxyl groups is 1. The van der Waals surface area contributed by atoms with Gasteiger partial charge in [0.05, 0.1) is 17.3 Å². The Labute approximate surface area is 113 Å². The van der Waals surface area contributed by atoms with Crippen molar-refractivity contribution in [1.82, 2.24) is 4.98 Å². The molecule has 0 radical (unpaired) electrons. The molecule has 0 aromatic carbocycles. The molecule has 1 aromatic rings. The normalized spacial score (nSPS) is 23.9. The smallest absolute Gasteiger partial charge is 0.213 e. The second-order valence-corrected chi connectivity index (χ2v) is 5.32. The van der Waals surface area contributed by atoms with Crippen molar-refractivity contribution in [2.24, 2.45) is 5.92 Å². The summed E-state index contributed by atoms with van der Waals surface area (Å²) in [5, 5.41) is 9.61. The Hall–Kier alpha value is -0.800. The van der Waals surface area contributed by atoms with Gasteiger partial charge in [-0.05, 0) is 31.2 Å². The standard InChI is InChI=1S/C14H20ClNO2/c1-2-10-4-3-5-11(8-10)18-14-7-6-12(15)13(9-17)16-14/h6-7,10-11,17H,2-5,8-9H2,1H3. The third-order valence-corrected chi connectivity index (χ3v) is 3.99. The molecule has 2 unspecified atom stereocenters. The second kappa shape index (κ2) is 6.39. The van der Waals surface area contributed by atoms with Gasteiger partial charge in [0.15, 0.2) is 0 Å². The van der Waals surface area contributed by atoms with E-state index in [1.54, 1.807) is 12.1 Å². The second-order valence-electron chi connectivity index (χ2n) is 4.92. The minimum atomic E-state index is -0.154. The number of hydrogen-bond donors (Lipinski definition) is 1. The molecule has 0 aliphatic heterocycles. The largest absolute Gasteiger partial charge is 0.474 e. The van der Waals surface area contributed by atoms with E-state index in [9.17, 15) is 0 Å². The molecule has 1 saturated carbocycles. The van der Waals surface area contributed by atoms with Gasteiger partial charge in [0.25, 0.3) is 0 Å². The molecule has 1 fully saturated rings. The quantitative estimate of drug-likeness (QED) is 0.909. The molecule has 3 nitrogen and oxygen atoms in total. The van der Waals surface area contributed by atoms with Gasteiger partial charge < -0.3 is 9.84 Å². The maximum atomic E-state index is 9.13. The van der Waals surface area contributed by atoms with Crippen LogP contribution >= 0.6 is 11.6 Å². The molecule has 0 spiro atoms. The molecule has 2 atom stereocenters. The Bertz CT molecular complexity index is 397. The number of aliphatic hydroxyl groups excluding tert-OH is 1. The predicted octanol–water partition coefficient (Wildman–Crippen LogP) is 3.57. The van der Waals surface area contributed by atoms with Crippen LogP contribution in [0.25, 0.3) is 0 Å². The summed E-state index contributed by atoms with van der Waals surface area (Å²) < 4.78 is 5.90. The molecule has 18 heavy (non-hydrogen) atoms. The molecule has 0 saturated heterocycles. The summed E-state index contributed by atoms with van der Waals surface area (Å²) in [6, 6.07) is 3.51. The lowest BCUT2D eigenvalue weighted by Gasteiger charge is -2.28. The first-order valence-corrected chi connectivity index (χ1v) is 7.03. The average Bonchev–Trinajstić information content (AvgIpc) is 2.41. The van der Waals surface area contributed by atoms with Gasteiger partial charge in [-0.15, -0.1) is 0 Å². The van der Waals surface area contributed by atoms with E-state index >= 15 is 0 Å². The van der Waals surface area contributed by atoms with Gasteiger partial charge in [-0.2, -0.15) is 0 Å². The number of pyridine rings is 1. The van der Waals surface area contributed by atoms with Crippen molar-refractivity contribution in [1.29, 1.82) is 0 Å². The number of hydrogen-bond acceptors (Lipinski definition) is 3. The zero-order valence-electron chi connectivity index (χ0n) is 10.7. The van der Waals surface area contributed by atoms with Crippen LogP contribution in [-0.4, -0.2) is 16.2 Å². The van der Waals surface area contributed by atoms with E-state index in [0.717, 1.165) is 18.8 Å². The zero-order chi connectivity index (χ0) is 13.0. The van der Waals surface area contributed by atoms with Crippen LogP contribution in [0.5, 0.6) is 5.88 Å². The fraction of sp³-hybridized carbons (Fsp3) is 0.643. The molecular weight excluding hydrogens is 250 g/mol. The number of ether oxygens (including phenoxy) is 1. The van der Waals surface area contributed by atoms with Crippen molar-refractivity contribution in [3.8, 4) is 5.88 Å². The number of nitrogens with zero attached hydrogens (tertiary/aromatic N) is 1. The molecule has 1 N–H and O–H groups in total. The third kappa shape index (κ3) is 3.36. The summed E-state index contributed by atoms with van der Waals surface area (Å²) in [6.07, 6.45) is 6.21. The lowest BCUT2D eigenvalue weighted by Crippen LogP contribution is -2.25. The molecular formula is C14H20ClNO2. The van der Waals surface area contributed by atoms with Crippen molar-refractivity contribution < 1.29 is 9.84 Å². The van der Waals surface area contributed by atoms with Crippen LogP contribution in [0.3, 0.4) is 0 Å². The first kappa shape index (κ1) is 13.6. The van der Waals surface area contributed by atoms with Crippen molar-refractivity contribution >= 4 is 11.6 Å². The lowest BCUT2D eigenvalue weighted by atomic mass is 9.85. The maximum Gasteiger partial charge on any atom is 0.213 e. The Morgan fingerprint density at radius 1 is 1.44 bits per heavy atom. The summed E-state index contributed by atoms with van der Waals surface area (Å²) in [5.74, 6) is 1.35. The fourth-order valence-corrected chi connectivity index (χ4v) is 2.70. The Morgan fingerprint density at radius 2 is 2.28 bits per heavy atom. The van der Waals surface area contributed by atoms with Crippen LogP contribution in [0.4, 0.5) is 0 Å². The topological polar surface area (TPSA) is 42.4 Å². The van der Waals surface area contributed by atoms with Crippen molar-refractivity contribution in [2.75, 3.05) is 0 Å². The first-order chi connectivity index (χ1) is 8.72. The van der Waals surface area contributed by atoms with Gasteiger partial charge >= 0.3 is 0 Å². The molecule has 100 valence electrons. The Morgan fingerprint density at radius 3 is 3.00 bits per heavy atom. The minimum Gasteiger partial charge on any atom is -0.474 e. The van der Waals surface area contributed by atoms with Gasteiger partial charge in [0, 0.05) is 6.07 Å². The van der Waals surface area contributed by atoms with Crippen LogP contribution in [0, 0.1) is 5.92 Å². The lowest BCUT2D eigenvalue weighted by molar-refractivity contribution is 0.116. The molecule has 0 bridgehead atoms. The maximum absolute atomic E-state index is 9.13. The third-order valence-electron chi connectivity index (χ3n) is 3.64. The van der Waals surface area contributed by atoms with Crippen molar-refractivity contribution in [3.63, 3.8) is 0 Å². The van der Waals surface area contributed by atoms with Crippen LogP contribution < -0.4 is 4.74 Å². The molecule has 1 aromatic heterocycles. The fourth-order valence-electron chi connectivity index (χ4n) is 2.53. The molecule has 4 heteroatoms. The van der Waals surface area contributed by atoms with Crippen LogP contribution in [0.2, 0.25) is 5.02 Å².